The number of hydrogen-bond acceptors (Lipinski definition) is 6. The first-order chi connectivity index (χ1) is 10.4. The van der Waals surface area contributed by atoms with Crippen molar-refractivity contribution in [2.45, 2.75) is 30.8 Å². The van der Waals surface area contributed by atoms with Crippen LogP contribution < -0.4 is 5.73 Å². The summed E-state index contributed by atoms with van der Waals surface area (Å²) in [6.45, 7) is 0.920. The molecule has 0 radical (unpaired) electrons. The Bertz CT molecular complexity index is 645. The van der Waals surface area contributed by atoms with Crippen molar-refractivity contribution in [2.75, 3.05) is 6.61 Å². The first-order valence-electron chi connectivity index (χ1n) is 6.49. The molecule has 9 nitrogen and oxygen atoms in total. The minimum Gasteiger partial charge on any atom is -0.394 e. The van der Waals surface area contributed by atoms with Crippen LogP contribution in [0.3, 0.4) is 0 Å². The molecule has 0 saturated carbocycles. The van der Waals surface area contributed by atoms with Gasteiger partial charge in [0, 0.05) is 5.69 Å². The van der Waals surface area contributed by atoms with Crippen molar-refractivity contribution in [1.82, 2.24) is 4.98 Å². The minimum absolute atomic E-state index is 0.0605. The van der Waals surface area contributed by atoms with E-state index in [0.29, 0.717) is 5.69 Å². The molecule has 9 heteroatoms. The van der Waals surface area contributed by atoms with Gasteiger partial charge in [0.15, 0.2) is 0 Å². The van der Waals surface area contributed by atoms with Gasteiger partial charge in [-0.2, -0.15) is 5.26 Å². The molecule has 2 heterocycles. The Hall–Kier alpha value is -2.25. The number of aliphatic hydroxyl groups excluding tert-OH is 2. The number of aromatic nitrogens is 1. The van der Waals surface area contributed by atoms with Crippen LogP contribution in [0.1, 0.15) is 30.0 Å². The first kappa shape index (κ1) is 16.1. The highest BCUT2D eigenvalue weighted by molar-refractivity contribution is 6.01. The molecule has 1 aliphatic rings. The van der Waals surface area contributed by atoms with E-state index in [9.17, 15) is 15.3 Å². The molecule has 1 aromatic rings. The van der Waals surface area contributed by atoms with Crippen LogP contribution in [0.15, 0.2) is 11.1 Å². The number of hydrogen-bond donors (Lipinski definition) is 6. The van der Waals surface area contributed by atoms with Crippen molar-refractivity contribution in [3.63, 3.8) is 0 Å². The van der Waals surface area contributed by atoms with Crippen molar-refractivity contribution in [3.8, 4) is 6.07 Å². The topological polar surface area (TPSA) is 172 Å². The van der Waals surface area contributed by atoms with E-state index in [1.54, 1.807) is 0 Å². The third kappa shape index (κ3) is 2.49. The molecule has 118 valence electrons. The average molecular weight is 307 g/mol. The third-order valence-electron chi connectivity index (χ3n) is 3.67. The number of H-pyrrole nitrogens is 1. The number of ether oxygens (including phenoxy) is 1. The van der Waals surface area contributed by atoms with E-state index in [2.05, 4.69) is 9.98 Å². The van der Waals surface area contributed by atoms with Crippen molar-refractivity contribution in [3.05, 3.63) is 23.0 Å². The van der Waals surface area contributed by atoms with Gasteiger partial charge in [-0.15, -0.1) is 0 Å². The van der Waals surface area contributed by atoms with Gasteiger partial charge in [0.25, 0.3) is 0 Å². The fourth-order valence-electron chi connectivity index (χ4n) is 2.49. The number of nitrogens with one attached hydrogen (secondary N) is 2. The average Bonchev–Trinajstić information content (AvgIpc) is 3.00. The van der Waals surface area contributed by atoms with Crippen molar-refractivity contribution >= 4 is 12.2 Å². The van der Waals surface area contributed by atoms with Gasteiger partial charge in [0.05, 0.1) is 17.9 Å². The summed E-state index contributed by atoms with van der Waals surface area (Å²) in [6.07, 6.45) is -2.46. The summed E-state index contributed by atoms with van der Waals surface area (Å²) in [5, 5.41) is 45.6. The highest BCUT2D eigenvalue weighted by Gasteiger charge is 2.53. The number of nitrogens with zero attached hydrogens (tertiary/aromatic N) is 2. The maximum absolute atomic E-state index is 10.4. The second-order valence-corrected chi connectivity index (χ2v) is 5.18. The van der Waals surface area contributed by atoms with Gasteiger partial charge in [-0.3, -0.25) is 5.41 Å². The largest absolute Gasteiger partial charge is 0.394 e. The second kappa shape index (κ2) is 5.86. The van der Waals surface area contributed by atoms with Crippen LogP contribution in [-0.2, 0) is 4.74 Å². The van der Waals surface area contributed by atoms with Gasteiger partial charge in [-0.25, -0.2) is 4.99 Å². The molecule has 1 fully saturated rings. The molecule has 0 aromatic carbocycles. The van der Waals surface area contributed by atoms with Crippen molar-refractivity contribution < 1.29 is 20.1 Å². The van der Waals surface area contributed by atoms with E-state index in [1.165, 1.54) is 13.0 Å². The zero-order valence-corrected chi connectivity index (χ0v) is 11.8. The van der Waals surface area contributed by atoms with Gasteiger partial charge >= 0.3 is 0 Å². The minimum atomic E-state index is -1.66. The van der Waals surface area contributed by atoms with Crippen LogP contribution >= 0.6 is 0 Å². The Labute approximate surface area is 126 Å². The van der Waals surface area contributed by atoms with Crippen LogP contribution in [0, 0.1) is 16.7 Å². The van der Waals surface area contributed by atoms with Gasteiger partial charge in [-0.05, 0) is 13.0 Å². The molecule has 1 unspecified atom stereocenters. The predicted molar refractivity (Wildman–Crippen MR) is 76.3 cm³/mol. The zero-order chi connectivity index (χ0) is 16.5. The normalized spacial score (nSPS) is 32.0. The molecular weight excluding hydrogens is 290 g/mol. The number of aromatic amines is 1. The molecular formula is C13H17N5O4. The number of nitrogens with two attached hydrogens (primary N) is 1. The molecule has 4 atom stereocenters. The lowest BCUT2D eigenvalue weighted by Crippen LogP contribution is -2.43. The highest BCUT2D eigenvalue weighted by atomic mass is 16.6. The predicted octanol–water partition coefficient (Wildman–Crippen LogP) is -1.26. The second-order valence-electron chi connectivity index (χ2n) is 5.18. The van der Waals surface area contributed by atoms with E-state index >= 15 is 0 Å². The quantitative estimate of drug-likeness (QED) is 0.299. The lowest BCUT2D eigenvalue weighted by Gasteiger charge is -2.25. The zero-order valence-electron chi connectivity index (χ0n) is 11.8. The number of aliphatic hydroxyl groups is 3. The summed E-state index contributed by atoms with van der Waals surface area (Å²) in [4.78, 5) is 6.41. The van der Waals surface area contributed by atoms with E-state index in [1.807, 2.05) is 6.07 Å². The van der Waals surface area contributed by atoms with Gasteiger partial charge in [0.1, 0.15) is 42.2 Å². The smallest absolute Gasteiger partial charge is 0.150 e. The van der Waals surface area contributed by atoms with Gasteiger partial charge in [-0.1, -0.05) is 0 Å². The van der Waals surface area contributed by atoms with Crippen LogP contribution in [0.25, 0.3) is 0 Å². The Kier molecular flexibility index (Phi) is 4.30. The molecule has 1 saturated heterocycles. The number of amidine groups is 1. The molecule has 1 aliphatic heterocycles. The molecule has 0 spiro atoms. The molecule has 7 N–H and O–H groups in total. The Morgan fingerprint density at radius 2 is 2.41 bits per heavy atom. The highest BCUT2D eigenvalue weighted by Crippen LogP contribution is 2.41. The van der Waals surface area contributed by atoms with E-state index in [-0.39, 0.29) is 17.1 Å². The maximum atomic E-state index is 10.4. The molecule has 22 heavy (non-hydrogen) atoms. The summed E-state index contributed by atoms with van der Waals surface area (Å²) in [6, 6.07) is 3.35. The van der Waals surface area contributed by atoms with E-state index in [4.69, 9.17) is 21.1 Å². The third-order valence-corrected chi connectivity index (χ3v) is 3.67. The Balaban J connectivity index is 2.44. The molecule has 1 aromatic heterocycles. The maximum Gasteiger partial charge on any atom is 0.150 e. The number of rotatable bonds is 4. The summed E-state index contributed by atoms with van der Waals surface area (Å²) >= 11 is 0. The standard InChI is InChI=1S/C13H17N5O4/c1-13(21)10(20)8(4-19)22-11(13)7-2-6(3-14)9(18-7)12(16)17-5-15/h2,5,8,10-11,18-21H,4H2,1H3,(H3,15,16,17)/t8?,10-,11+,13-/m1/s1. The summed E-state index contributed by atoms with van der Waals surface area (Å²) in [5.41, 5.74) is 4.69. The number of aliphatic imine (C=N–C) groups is 1. The van der Waals surface area contributed by atoms with Crippen LogP contribution in [-0.4, -0.2) is 56.9 Å². The van der Waals surface area contributed by atoms with E-state index < -0.39 is 30.5 Å². The lowest BCUT2D eigenvalue weighted by molar-refractivity contribution is -0.0658. The van der Waals surface area contributed by atoms with Gasteiger partial charge in [0.2, 0.25) is 0 Å². The van der Waals surface area contributed by atoms with Gasteiger partial charge < -0.3 is 30.8 Å². The van der Waals surface area contributed by atoms with Crippen molar-refractivity contribution in [2.24, 2.45) is 10.7 Å². The van der Waals surface area contributed by atoms with Crippen LogP contribution in [0.2, 0.25) is 0 Å². The van der Waals surface area contributed by atoms with Crippen LogP contribution in [0.4, 0.5) is 0 Å². The Morgan fingerprint density at radius 3 is 2.91 bits per heavy atom. The van der Waals surface area contributed by atoms with Crippen molar-refractivity contribution in [1.29, 1.82) is 10.7 Å². The van der Waals surface area contributed by atoms with Crippen LogP contribution in [0.5, 0.6) is 0 Å². The summed E-state index contributed by atoms with van der Waals surface area (Å²) in [5.74, 6) is -0.0605. The number of nitriles is 1. The molecule has 0 aliphatic carbocycles. The fraction of sp³-hybridized carbons (Fsp3) is 0.462. The summed E-state index contributed by atoms with van der Waals surface area (Å²) in [7, 11) is 0. The monoisotopic (exact) mass is 307 g/mol. The SMILES string of the molecule is C[C@@]1(O)[C@H](O)C(CO)O[C@H]1c1cc(C#N)c(C(N)=NC=N)[nH]1. The van der Waals surface area contributed by atoms with E-state index in [0.717, 1.165) is 6.34 Å². The molecule has 0 bridgehead atoms. The lowest BCUT2D eigenvalue weighted by atomic mass is 9.91. The summed E-state index contributed by atoms with van der Waals surface area (Å²) < 4.78 is 5.46. The molecule has 2 rings (SSSR count). The fourth-order valence-corrected chi connectivity index (χ4v) is 2.49. The first-order valence-corrected chi connectivity index (χ1v) is 6.49. The Morgan fingerprint density at radius 1 is 1.73 bits per heavy atom. The molecule has 0 amide bonds.